The monoisotopic (exact) mass is 283 g/mol. The van der Waals surface area contributed by atoms with E-state index in [1.807, 2.05) is 24.3 Å². The SMILES string of the molecule is COCc1ccccc1CNC(=O)CSCC(=O)O. The van der Waals surface area contributed by atoms with Crippen LogP contribution in [-0.4, -0.2) is 35.6 Å². The van der Waals surface area contributed by atoms with Crippen molar-refractivity contribution in [3.63, 3.8) is 0 Å². The topological polar surface area (TPSA) is 75.6 Å². The zero-order valence-electron chi connectivity index (χ0n) is 10.7. The molecule has 0 atom stereocenters. The van der Waals surface area contributed by atoms with Crippen molar-refractivity contribution in [1.29, 1.82) is 0 Å². The molecule has 104 valence electrons. The van der Waals surface area contributed by atoms with Crippen LogP contribution < -0.4 is 5.32 Å². The first-order chi connectivity index (χ1) is 9.13. The van der Waals surface area contributed by atoms with E-state index < -0.39 is 5.97 Å². The Morgan fingerprint density at radius 1 is 1.26 bits per heavy atom. The van der Waals surface area contributed by atoms with Crippen molar-refractivity contribution < 1.29 is 19.4 Å². The summed E-state index contributed by atoms with van der Waals surface area (Å²) in [4.78, 5) is 21.8. The minimum Gasteiger partial charge on any atom is -0.481 e. The summed E-state index contributed by atoms with van der Waals surface area (Å²) >= 11 is 1.08. The summed E-state index contributed by atoms with van der Waals surface area (Å²) in [6, 6.07) is 7.70. The third kappa shape index (κ3) is 6.26. The highest BCUT2D eigenvalue weighted by molar-refractivity contribution is 8.00. The van der Waals surface area contributed by atoms with Crippen LogP contribution in [0.5, 0.6) is 0 Å². The highest BCUT2D eigenvalue weighted by atomic mass is 32.2. The molecular weight excluding hydrogens is 266 g/mol. The van der Waals surface area contributed by atoms with Gasteiger partial charge in [0.2, 0.25) is 5.91 Å². The van der Waals surface area contributed by atoms with Crippen molar-refractivity contribution in [1.82, 2.24) is 5.32 Å². The van der Waals surface area contributed by atoms with E-state index in [-0.39, 0.29) is 17.4 Å². The number of amides is 1. The molecule has 0 aliphatic heterocycles. The number of methoxy groups -OCH3 is 1. The maximum Gasteiger partial charge on any atom is 0.313 e. The summed E-state index contributed by atoms with van der Waals surface area (Å²) in [5, 5.41) is 11.2. The minimum absolute atomic E-state index is 0.0618. The smallest absolute Gasteiger partial charge is 0.313 e. The third-order valence-electron chi connectivity index (χ3n) is 2.35. The first-order valence-electron chi connectivity index (χ1n) is 5.75. The lowest BCUT2D eigenvalue weighted by atomic mass is 10.1. The molecule has 0 aliphatic rings. The number of carboxylic acid groups (broad SMARTS) is 1. The lowest BCUT2D eigenvalue weighted by Gasteiger charge is -2.09. The number of hydrogen-bond acceptors (Lipinski definition) is 4. The van der Waals surface area contributed by atoms with Crippen molar-refractivity contribution in [2.75, 3.05) is 18.6 Å². The van der Waals surface area contributed by atoms with E-state index in [0.717, 1.165) is 22.9 Å². The Morgan fingerprint density at radius 2 is 1.95 bits per heavy atom. The summed E-state index contributed by atoms with van der Waals surface area (Å²) < 4.78 is 5.08. The van der Waals surface area contributed by atoms with Crippen LogP contribution in [0.4, 0.5) is 0 Å². The van der Waals surface area contributed by atoms with Gasteiger partial charge in [0, 0.05) is 13.7 Å². The third-order valence-corrected chi connectivity index (χ3v) is 3.27. The lowest BCUT2D eigenvalue weighted by molar-refractivity contribution is -0.133. The number of nitrogens with one attached hydrogen (secondary N) is 1. The number of benzene rings is 1. The summed E-state index contributed by atoms with van der Waals surface area (Å²) in [7, 11) is 1.62. The molecule has 0 saturated heterocycles. The molecule has 2 N–H and O–H groups in total. The Kier molecular flexibility index (Phi) is 6.99. The molecule has 1 aromatic rings. The van der Waals surface area contributed by atoms with Gasteiger partial charge >= 0.3 is 5.97 Å². The van der Waals surface area contributed by atoms with Gasteiger partial charge < -0.3 is 15.2 Å². The van der Waals surface area contributed by atoms with E-state index in [4.69, 9.17) is 9.84 Å². The number of hydrogen-bond donors (Lipinski definition) is 2. The van der Waals surface area contributed by atoms with Gasteiger partial charge in [-0.3, -0.25) is 9.59 Å². The molecule has 5 nitrogen and oxygen atoms in total. The Bertz CT molecular complexity index is 436. The molecule has 0 bridgehead atoms. The van der Waals surface area contributed by atoms with Crippen molar-refractivity contribution in [2.24, 2.45) is 0 Å². The molecule has 1 aromatic carbocycles. The van der Waals surface area contributed by atoms with Gasteiger partial charge in [-0.2, -0.15) is 0 Å². The van der Waals surface area contributed by atoms with Crippen LogP contribution in [0.1, 0.15) is 11.1 Å². The quantitative estimate of drug-likeness (QED) is 0.751. The number of aliphatic carboxylic acids is 1. The van der Waals surface area contributed by atoms with E-state index in [1.54, 1.807) is 7.11 Å². The van der Waals surface area contributed by atoms with Crippen LogP contribution >= 0.6 is 11.8 Å². The largest absolute Gasteiger partial charge is 0.481 e. The van der Waals surface area contributed by atoms with Crippen molar-refractivity contribution in [2.45, 2.75) is 13.2 Å². The van der Waals surface area contributed by atoms with Crippen LogP contribution in [-0.2, 0) is 27.5 Å². The number of carboxylic acids is 1. The highest BCUT2D eigenvalue weighted by Crippen LogP contribution is 2.09. The van der Waals surface area contributed by atoms with Crippen molar-refractivity contribution in [3.8, 4) is 0 Å². The van der Waals surface area contributed by atoms with Crippen LogP contribution in [0.3, 0.4) is 0 Å². The molecule has 1 rings (SSSR count). The number of carbonyl (C=O) groups is 2. The summed E-state index contributed by atoms with van der Waals surface area (Å²) in [6.45, 7) is 0.922. The molecule has 6 heteroatoms. The molecule has 1 amide bonds. The summed E-state index contributed by atoms with van der Waals surface area (Å²) in [6.07, 6.45) is 0. The number of ether oxygens (including phenoxy) is 1. The zero-order chi connectivity index (χ0) is 14.1. The van der Waals surface area contributed by atoms with Crippen LogP contribution in [0.2, 0.25) is 0 Å². The van der Waals surface area contributed by atoms with Crippen LogP contribution in [0, 0.1) is 0 Å². The van der Waals surface area contributed by atoms with Gasteiger partial charge in [-0.15, -0.1) is 11.8 Å². The fraction of sp³-hybridized carbons (Fsp3) is 0.385. The van der Waals surface area contributed by atoms with Crippen molar-refractivity contribution in [3.05, 3.63) is 35.4 Å². The van der Waals surface area contributed by atoms with E-state index in [2.05, 4.69) is 5.32 Å². The predicted octanol–water partition coefficient (Wildman–Crippen LogP) is 1.27. The van der Waals surface area contributed by atoms with Gasteiger partial charge in [0.05, 0.1) is 18.1 Å². The maximum atomic E-state index is 11.5. The molecule has 0 aromatic heterocycles. The molecule has 0 unspecified atom stereocenters. The second kappa shape index (κ2) is 8.55. The van der Waals surface area contributed by atoms with Gasteiger partial charge in [-0.05, 0) is 11.1 Å². The zero-order valence-corrected chi connectivity index (χ0v) is 11.5. The molecule has 19 heavy (non-hydrogen) atoms. The van der Waals surface area contributed by atoms with Crippen LogP contribution in [0.25, 0.3) is 0 Å². The van der Waals surface area contributed by atoms with Gasteiger partial charge in [-0.1, -0.05) is 24.3 Å². The Balaban J connectivity index is 2.39. The molecule has 0 fully saturated rings. The second-order valence-electron chi connectivity index (χ2n) is 3.86. The number of thioether (sulfide) groups is 1. The maximum absolute atomic E-state index is 11.5. The number of carbonyl (C=O) groups excluding carboxylic acids is 1. The first-order valence-corrected chi connectivity index (χ1v) is 6.91. The van der Waals surface area contributed by atoms with E-state index in [1.165, 1.54) is 0 Å². The highest BCUT2D eigenvalue weighted by Gasteiger charge is 2.06. The molecule has 0 saturated carbocycles. The summed E-state index contributed by atoms with van der Waals surface area (Å²) in [5.74, 6) is -0.992. The lowest BCUT2D eigenvalue weighted by Crippen LogP contribution is -2.25. The number of rotatable bonds is 8. The molecular formula is C13H17NO4S. The Morgan fingerprint density at radius 3 is 2.58 bits per heavy atom. The van der Waals surface area contributed by atoms with Crippen LogP contribution in [0.15, 0.2) is 24.3 Å². The fourth-order valence-electron chi connectivity index (χ4n) is 1.50. The first kappa shape index (κ1) is 15.5. The normalized spacial score (nSPS) is 10.2. The van der Waals surface area contributed by atoms with Crippen molar-refractivity contribution >= 4 is 23.6 Å². The average molecular weight is 283 g/mol. The molecule has 0 radical (unpaired) electrons. The van der Waals surface area contributed by atoms with Gasteiger partial charge in [-0.25, -0.2) is 0 Å². The summed E-state index contributed by atoms with van der Waals surface area (Å²) in [5.41, 5.74) is 2.03. The fourth-order valence-corrected chi connectivity index (χ4v) is 2.07. The van der Waals surface area contributed by atoms with E-state index in [0.29, 0.717) is 13.2 Å². The standard InChI is InChI=1S/C13H17NO4S/c1-18-7-11-5-3-2-4-10(11)6-14-12(15)8-19-9-13(16)17/h2-5H,6-9H2,1H3,(H,14,15)(H,16,17). The second-order valence-corrected chi connectivity index (χ2v) is 4.85. The average Bonchev–Trinajstić information content (AvgIpc) is 2.37. The Labute approximate surface area is 116 Å². The van der Waals surface area contributed by atoms with E-state index in [9.17, 15) is 9.59 Å². The van der Waals surface area contributed by atoms with Gasteiger partial charge in [0.15, 0.2) is 0 Å². The van der Waals surface area contributed by atoms with Gasteiger partial charge in [0.25, 0.3) is 0 Å². The predicted molar refractivity (Wildman–Crippen MR) is 74.0 cm³/mol. The van der Waals surface area contributed by atoms with E-state index >= 15 is 0 Å². The molecule has 0 spiro atoms. The molecule has 0 heterocycles. The Hall–Kier alpha value is -1.53. The minimum atomic E-state index is -0.914. The van der Waals surface area contributed by atoms with Gasteiger partial charge in [0.1, 0.15) is 0 Å². The molecule has 0 aliphatic carbocycles.